The largest absolute Gasteiger partial charge is 0.120 e. The van der Waals surface area contributed by atoms with E-state index in [1.165, 1.54) is 19.3 Å². The topological polar surface area (TPSA) is 0 Å². The standard InChI is InChI=1S/C13H24Si/c1-6-8-10-12-13(11-9-7-2)14(3,4)5/h1,11H,7-10,12H2,2-5H3/b13-11+. The minimum Gasteiger partial charge on any atom is -0.120 e. The first kappa shape index (κ1) is 13.5. The van der Waals surface area contributed by atoms with Crippen LogP contribution < -0.4 is 0 Å². The molecule has 80 valence electrons. The fraction of sp³-hybridized carbons (Fsp3) is 0.692. The fourth-order valence-corrected chi connectivity index (χ4v) is 3.17. The van der Waals surface area contributed by atoms with Gasteiger partial charge in [0.2, 0.25) is 0 Å². The van der Waals surface area contributed by atoms with Crippen LogP contribution in [0.2, 0.25) is 19.6 Å². The molecular formula is C13H24Si. The minimum atomic E-state index is -1.08. The van der Waals surface area contributed by atoms with Crippen LogP contribution in [0.1, 0.15) is 39.0 Å². The van der Waals surface area contributed by atoms with Gasteiger partial charge in [0.05, 0.1) is 8.07 Å². The maximum Gasteiger partial charge on any atom is 0.0720 e. The molecule has 1 heteroatoms. The van der Waals surface area contributed by atoms with Crippen molar-refractivity contribution in [3.8, 4) is 12.3 Å². The maximum atomic E-state index is 5.27. The van der Waals surface area contributed by atoms with Gasteiger partial charge < -0.3 is 0 Å². The summed E-state index contributed by atoms with van der Waals surface area (Å²) in [6.07, 6.45) is 13.5. The van der Waals surface area contributed by atoms with Crippen LogP contribution in [0.3, 0.4) is 0 Å². The zero-order valence-electron chi connectivity index (χ0n) is 10.2. The highest BCUT2D eigenvalue weighted by atomic mass is 28.3. The molecule has 0 amide bonds. The Morgan fingerprint density at radius 3 is 2.43 bits per heavy atom. The van der Waals surface area contributed by atoms with E-state index in [9.17, 15) is 0 Å². The zero-order valence-corrected chi connectivity index (χ0v) is 11.2. The first-order chi connectivity index (χ1) is 6.52. The van der Waals surface area contributed by atoms with E-state index in [0.717, 1.165) is 12.8 Å². The van der Waals surface area contributed by atoms with Gasteiger partial charge in [0.15, 0.2) is 0 Å². The Labute approximate surface area is 90.8 Å². The summed E-state index contributed by atoms with van der Waals surface area (Å²) in [5.74, 6) is 2.72. The van der Waals surface area contributed by atoms with E-state index in [4.69, 9.17) is 6.42 Å². The van der Waals surface area contributed by atoms with Crippen molar-refractivity contribution in [2.45, 2.75) is 58.7 Å². The van der Waals surface area contributed by atoms with Crippen LogP contribution in [0.4, 0.5) is 0 Å². The van der Waals surface area contributed by atoms with E-state index >= 15 is 0 Å². The number of hydrogen-bond donors (Lipinski definition) is 0. The summed E-state index contributed by atoms with van der Waals surface area (Å²) in [5, 5.41) is 1.70. The quantitative estimate of drug-likeness (QED) is 0.345. The number of rotatable bonds is 6. The third kappa shape index (κ3) is 6.04. The van der Waals surface area contributed by atoms with Gasteiger partial charge in [-0.05, 0) is 19.3 Å². The summed E-state index contributed by atoms with van der Waals surface area (Å²) in [6.45, 7) is 9.50. The number of allylic oxidation sites excluding steroid dienone is 2. The first-order valence-electron chi connectivity index (χ1n) is 5.65. The van der Waals surface area contributed by atoms with Crippen LogP contribution in [-0.4, -0.2) is 8.07 Å². The number of unbranched alkanes of at least 4 members (excludes halogenated alkanes) is 2. The van der Waals surface area contributed by atoms with Crippen molar-refractivity contribution in [1.29, 1.82) is 0 Å². The van der Waals surface area contributed by atoms with Crippen LogP contribution in [0.25, 0.3) is 0 Å². The lowest BCUT2D eigenvalue weighted by atomic mass is 10.2. The second-order valence-electron chi connectivity index (χ2n) is 4.83. The van der Waals surface area contributed by atoms with Gasteiger partial charge in [-0.25, -0.2) is 0 Å². The lowest BCUT2D eigenvalue weighted by Crippen LogP contribution is -2.24. The van der Waals surface area contributed by atoms with Gasteiger partial charge in [-0.3, -0.25) is 0 Å². The van der Waals surface area contributed by atoms with Crippen molar-refractivity contribution < 1.29 is 0 Å². The highest BCUT2D eigenvalue weighted by Gasteiger charge is 2.18. The third-order valence-electron chi connectivity index (χ3n) is 2.41. The molecule has 0 heterocycles. The molecule has 0 N–H and O–H groups in total. The molecule has 0 saturated heterocycles. The van der Waals surface area contributed by atoms with Crippen molar-refractivity contribution in [3.63, 3.8) is 0 Å². The van der Waals surface area contributed by atoms with Gasteiger partial charge in [-0.2, -0.15) is 0 Å². The lowest BCUT2D eigenvalue weighted by molar-refractivity contribution is 0.855. The lowest BCUT2D eigenvalue weighted by Gasteiger charge is -2.21. The Hall–Kier alpha value is -0.483. The molecule has 0 spiro atoms. The molecule has 0 unspecified atom stereocenters. The predicted molar refractivity (Wildman–Crippen MR) is 69.0 cm³/mol. The Morgan fingerprint density at radius 1 is 1.36 bits per heavy atom. The van der Waals surface area contributed by atoms with Crippen LogP contribution in [-0.2, 0) is 0 Å². The number of terminal acetylenes is 1. The Morgan fingerprint density at radius 2 is 2.00 bits per heavy atom. The van der Waals surface area contributed by atoms with Crippen LogP contribution >= 0.6 is 0 Å². The molecule has 0 rings (SSSR count). The molecule has 0 bridgehead atoms. The van der Waals surface area contributed by atoms with Gasteiger partial charge in [0, 0.05) is 6.42 Å². The number of hydrogen-bond acceptors (Lipinski definition) is 0. The molecule has 0 nitrogen and oxygen atoms in total. The Bertz CT molecular complexity index is 212. The minimum absolute atomic E-state index is 0.925. The van der Waals surface area contributed by atoms with E-state index < -0.39 is 8.07 Å². The molecule has 0 radical (unpaired) electrons. The highest BCUT2D eigenvalue weighted by Crippen LogP contribution is 2.21. The van der Waals surface area contributed by atoms with Gasteiger partial charge in [-0.15, -0.1) is 12.3 Å². The second-order valence-corrected chi connectivity index (χ2v) is 9.97. The van der Waals surface area contributed by atoms with Crippen molar-refractivity contribution in [3.05, 3.63) is 11.3 Å². The summed E-state index contributed by atoms with van der Waals surface area (Å²) in [4.78, 5) is 0. The fourth-order valence-electron chi connectivity index (χ4n) is 1.48. The van der Waals surface area contributed by atoms with Crippen molar-refractivity contribution >= 4 is 8.07 Å². The summed E-state index contributed by atoms with van der Waals surface area (Å²) in [7, 11) is -1.08. The summed E-state index contributed by atoms with van der Waals surface area (Å²) in [5.41, 5.74) is 0. The molecule has 0 aliphatic carbocycles. The van der Waals surface area contributed by atoms with Crippen LogP contribution in [0.15, 0.2) is 11.3 Å². The normalized spacial score (nSPS) is 12.6. The summed E-state index contributed by atoms with van der Waals surface area (Å²) in [6, 6.07) is 0. The molecule has 0 aliphatic heterocycles. The average molecular weight is 208 g/mol. The Balaban J connectivity index is 4.21. The highest BCUT2D eigenvalue weighted by molar-refractivity contribution is 6.83. The maximum absolute atomic E-state index is 5.27. The molecule has 0 atom stereocenters. The first-order valence-corrected chi connectivity index (χ1v) is 9.15. The monoisotopic (exact) mass is 208 g/mol. The van der Waals surface area contributed by atoms with E-state index in [-0.39, 0.29) is 0 Å². The van der Waals surface area contributed by atoms with Crippen molar-refractivity contribution in [2.75, 3.05) is 0 Å². The smallest absolute Gasteiger partial charge is 0.0720 e. The van der Waals surface area contributed by atoms with Crippen LogP contribution in [0, 0.1) is 12.3 Å². The molecular weight excluding hydrogens is 184 g/mol. The van der Waals surface area contributed by atoms with E-state index in [2.05, 4.69) is 38.6 Å². The third-order valence-corrected chi connectivity index (χ3v) is 4.79. The average Bonchev–Trinajstić information content (AvgIpc) is 2.09. The van der Waals surface area contributed by atoms with E-state index in [1.807, 2.05) is 0 Å². The Kier molecular flexibility index (Phi) is 6.66. The molecule has 0 fully saturated rings. The molecule has 0 aromatic heterocycles. The molecule has 0 aromatic carbocycles. The summed E-state index contributed by atoms with van der Waals surface area (Å²) >= 11 is 0. The molecule has 0 saturated carbocycles. The van der Waals surface area contributed by atoms with Gasteiger partial charge in [-0.1, -0.05) is 44.3 Å². The van der Waals surface area contributed by atoms with Crippen molar-refractivity contribution in [2.24, 2.45) is 0 Å². The molecule has 0 aromatic rings. The van der Waals surface area contributed by atoms with Crippen molar-refractivity contribution in [1.82, 2.24) is 0 Å². The molecule has 14 heavy (non-hydrogen) atoms. The summed E-state index contributed by atoms with van der Waals surface area (Å²) < 4.78 is 0. The van der Waals surface area contributed by atoms with Gasteiger partial charge in [0.1, 0.15) is 0 Å². The van der Waals surface area contributed by atoms with Crippen LogP contribution in [0.5, 0.6) is 0 Å². The van der Waals surface area contributed by atoms with E-state index in [0.29, 0.717) is 0 Å². The zero-order chi connectivity index (χ0) is 11.0. The van der Waals surface area contributed by atoms with Gasteiger partial charge >= 0.3 is 0 Å². The SMILES string of the molecule is C#CCCC/C(=C\CCC)[Si](C)(C)C. The van der Waals surface area contributed by atoms with Gasteiger partial charge in [0.25, 0.3) is 0 Å². The van der Waals surface area contributed by atoms with E-state index in [1.54, 1.807) is 5.20 Å². The molecule has 0 aliphatic rings. The second kappa shape index (κ2) is 6.90. The predicted octanol–water partition coefficient (Wildman–Crippen LogP) is 4.39.